The lowest BCUT2D eigenvalue weighted by molar-refractivity contribution is 0.235. The van der Waals surface area contributed by atoms with Gasteiger partial charge in [-0.25, -0.2) is 0 Å². The quantitative estimate of drug-likeness (QED) is 0.271. The van der Waals surface area contributed by atoms with Crippen LogP contribution >= 0.6 is 11.6 Å². The van der Waals surface area contributed by atoms with Gasteiger partial charge in [-0.1, -0.05) is 0 Å². The van der Waals surface area contributed by atoms with E-state index in [-0.39, 0.29) is 5.48 Å². The third-order valence-electron chi connectivity index (χ3n) is 0.218. The van der Waals surface area contributed by atoms with Crippen molar-refractivity contribution in [2.45, 2.75) is 0 Å². The summed E-state index contributed by atoms with van der Waals surface area (Å²) in [5, 5.41) is 8.97. The van der Waals surface area contributed by atoms with Gasteiger partial charge >= 0.3 is 5.37 Å². The molecule has 1 amide bonds. The number of carbonyl (C=O) groups excluding carboxylic acids is 1. The molecule has 4 nitrogen and oxygen atoms in total. The predicted molar refractivity (Wildman–Crippen MR) is 25.1 cm³/mol. The highest BCUT2D eigenvalue weighted by Gasteiger charge is 1.83. The van der Waals surface area contributed by atoms with Gasteiger partial charge in [0.15, 0.2) is 0 Å². The highest BCUT2D eigenvalue weighted by Crippen LogP contribution is 1.71. The van der Waals surface area contributed by atoms with Crippen LogP contribution in [0.1, 0.15) is 0 Å². The molecular weight excluding hydrogens is 121 g/mol. The standard InChI is InChI=1S/C2H4ClNO2.H2O/c3-2(6)4-1-5;/h5H,1H2,(H,4,6);1H2. The summed E-state index contributed by atoms with van der Waals surface area (Å²) >= 11 is 4.67. The van der Waals surface area contributed by atoms with E-state index in [4.69, 9.17) is 5.11 Å². The number of rotatable bonds is 1. The van der Waals surface area contributed by atoms with E-state index in [1.54, 1.807) is 0 Å². The minimum absolute atomic E-state index is 0. The number of amides is 1. The summed E-state index contributed by atoms with van der Waals surface area (Å²) in [6.07, 6.45) is 0. The summed E-state index contributed by atoms with van der Waals surface area (Å²) in [5.74, 6) is 0. The summed E-state index contributed by atoms with van der Waals surface area (Å²) < 4.78 is 0. The molecule has 0 aliphatic rings. The van der Waals surface area contributed by atoms with Crippen LogP contribution in [0.5, 0.6) is 0 Å². The van der Waals surface area contributed by atoms with Gasteiger partial charge in [-0.3, -0.25) is 4.79 Å². The Hall–Kier alpha value is -0.320. The molecule has 0 aromatic rings. The minimum Gasteiger partial charge on any atom is -0.412 e. The third-order valence-corrected chi connectivity index (χ3v) is 0.352. The molecule has 0 rings (SSSR count). The number of hydrogen-bond acceptors (Lipinski definition) is 2. The zero-order chi connectivity index (χ0) is 4.99. The predicted octanol–water partition coefficient (Wildman–Crippen LogP) is -0.940. The molecule has 0 heterocycles. The van der Waals surface area contributed by atoms with E-state index in [1.165, 1.54) is 0 Å². The lowest BCUT2D eigenvalue weighted by Crippen LogP contribution is -2.16. The summed E-state index contributed by atoms with van der Waals surface area (Å²) in [5.41, 5.74) is 0. The van der Waals surface area contributed by atoms with Crippen LogP contribution in [0, 0.1) is 0 Å². The molecule has 7 heavy (non-hydrogen) atoms. The Morgan fingerprint density at radius 1 is 1.86 bits per heavy atom. The van der Waals surface area contributed by atoms with Crippen molar-refractivity contribution in [3.8, 4) is 0 Å². The van der Waals surface area contributed by atoms with Gasteiger partial charge in [0.05, 0.1) is 0 Å². The number of aliphatic hydroxyl groups excluding tert-OH is 1. The van der Waals surface area contributed by atoms with Crippen molar-refractivity contribution in [1.29, 1.82) is 0 Å². The Kier molecular flexibility index (Phi) is 7.98. The van der Waals surface area contributed by atoms with Crippen molar-refractivity contribution < 1.29 is 15.4 Å². The van der Waals surface area contributed by atoms with Gasteiger partial charge in [-0.2, -0.15) is 0 Å². The molecule has 0 radical (unpaired) electrons. The maximum atomic E-state index is 9.54. The Balaban J connectivity index is 0. The van der Waals surface area contributed by atoms with E-state index in [2.05, 4.69) is 11.6 Å². The first-order valence-electron chi connectivity index (χ1n) is 1.31. The van der Waals surface area contributed by atoms with Crippen LogP contribution in [0.25, 0.3) is 0 Å². The van der Waals surface area contributed by atoms with Gasteiger partial charge < -0.3 is 15.9 Å². The van der Waals surface area contributed by atoms with Crippen molar-refractivity contribution in [3.63, 3.8) is 0 Å². The number of aliphatic hydroxyl groups is 1. The fraction of sp³-hybridized carbons (Fsp3) is 0.500. The average Bonchev–Trinajstić information content (AvgIpc) is 1.35. The lowest BCUT2D eigenvalue weighted by atomic mass is 11.1. The molecule has 0 aliphatic carbocycles. The summed E-state index contributed by atoms with van der Waals surface area (Å²) in [7, 11) is 0. The molecule has 0 spiro atoms. The van der Waals surface area contributed by atoms with Gasteiger partial charge in [-0.15, -0.1) is 0 Å². The topological polar surface area (TPSA) is 80.8 Å². The van der Waals surface area contributed by atoms with Gasteiger partial charge in [-0.05, 0) is 11.6 Å². The molecule has 0 saturated heterocycles. The molecule has 0 unspecified atom stereocenters. The molecule has 0 saturated carbocycles. The first-order chi connectivity index (χ1) is 2.77. The van der Waals surface area contributed by atoms with E-state index in [0.29, 0.717) is 0 Å². The van der Waals surface area contributed by atoms with E-state index in [9.17, 15) is 4.79 Å². The summed E-state index contributed by atoms with van der Waals surface area (Å²) in [6.45, 7) is -0.400. The van der Waals surface area contributed by atoms with Crippen molar-refractivity contribution >= 4 is 17.0 Å². The van der Waals surface area contributed by atoms with E-state index in [1.807, 2.05) is 5.32 Å². The molecule has 5 heteroatoms. The van der Waals surface area contributed by atoms with Gasteiger partial charge in [0, 0.05) is 0 Å². The van der Waals surface area contributed by atoms with E-state index < -0.39 is 12.1 Å². The number of halogens is 1. The van der Waals surface area contributed by atoms with Crippen molar-refractivity contribution in [1.82, 2.24) is 5.32 Å². The molecule has 44 valence electrons. The maximum absolute atomic E-state index is 9.54. The fourth-order valence-electron chi connectivity index (χ4n) is 0.0622. The summed E-state index contributed by atoms with van der Waals surface area (Å²) in [4.78, 5) is 9.54. The van der Waals surface area contributed by atoms with E-state index in [0.717, 1.165) is 0 Å². The monoisotopic (exact) mass is 127 g/mol. The van der Waals surface area contributed by atoms with Crippen LogP contribution in [-0.4, -0.2) is 22.7 Å². The zero-order valence-electron chi connectivity index (χ0n) is 3.44. The van der Waals surface area contributed by atoms with Crippen LogP contribution in [0.2, 0.25) is 0 Å². The van der Waals surface area contributed by atoms with Gasteiger partial charge in [0.25, 0.3) is 0 Å². The first-order valence-corrected chi connectivity index (χ1v) is 1.69. The van der Waals surface area contributed by atoms with Crippen LogP contribution in [-0.2, 0) is 0 Å². The smallest absolute Gasteiger partial charge is 0.315 e. The normalized spacial score (nSPS) is 6.57. The van der Waals surface area contributed by atoms with Crippen LogP contribution in [0.3, 0.4) is 0 Å². The molecule has 0 aliphatic heterocycles. The van der Waals surface area contributed by atoms with Gasteiger partial charge in [0.1, 0.15) is 6.73 Å². The summed E-state index contributed by atoms with van der Waals surface area (Å²) in [6, 6.07) is 0. The minimum atomic E-state index is -0.738. The fourth-order valence-corrected chi connectivity index (χ4v) is 0.122. The Morgan fingerprint density at radius 2 is 2.29 bits per heavy atom. The van der Waals surface area contributed by atoms with Gasteiger partial charge in [0.2, 0.25) is 0 Å². The molecule has 0 aromatic carbocycles. The Morgan fingerprint density at radius 3 is 2.29 bits per heavy atom. The largest absolute Gasteiger partial charge is 0.412 e. The van der Waals surface area contributed by atoms with Crippen LogP contribution in [0.4, 0.5) is 4.79 Å². The van der Waals surface area contributed by atoms with Crippen LogP contribution < -0.4 is 5.32 Å². The molecule has 0 bridgehead atoms. The molecular formula is C2H6ClNO3. The highest BCUT2D eigenvalue weighted by molar-refractivity contribution is 6.62. The number of hydrogen-bond donors (Lipinski definition) is 2. The molecule has 0 fully saturated rings. The lowest BCUT2D eigenvalue weighted by Gasteiger charge is -1.85. The SMILES string of the molecule is O.O=C(Cl)NCO. The second-order valence-corrected chi connectivity index (χ2v) is 0.952. The Labute approximate surface area is 45.4 Å². The molecule has 0 atom stereocenters. The van der Waals surface area contributed by atoms with E-state index >= 15 is 0 Å². The average molecular weight is 128 g/mol. The zero-order valence-corrected chi connectivity index (χ0v) is 4.20. The number of carbonyl (C=O) groups is 1. The third kappa shape index (κ3) is 10.7. The first kappa shape index (κ1) is 9.84. The Bertz CT molecular complexity index is 56.9. The van der Waals surface area contributed by atoms with Crippen molar-refractivity contribution in [2.75, 3.05) is 6.73 Å². The van der Waals surface area contributed by atoms with Crippen molar-refractivity contribution in [2.24, 2.45) is 0 Å². The molecule has 4 N–H and O–H groups in total. The highest BCUT2D eigenvalue weighted by atomic mass is 35.5. The maximum Gasteiger partial charge on any atom is 0.315 e. The second kappa shape index (κ2) is 5.68. The van der Waals surface area contributed by atoms with Crippen LogP contribution in [0.15, 0.2) is 0 Å². The second-order valence-electron chi connectivity index (χ2n) is 0.609. The number of nitrogens with one attached hydrogen (secondary N) is 1. The molecule has 0 aromatic heterocycles. The van der Waals surface area contributed by atoms with Crippen molar-refractivity contribution in [3.05, 3.63) is 0 Å².